The van der Waals surface area contributed by atoms with E-state index in [0.717, 1.165) is 71.9 Å². The van der Waals surface area contributed by atoms with Crippen LogP contribution in [0.25, 0.3) is 11.3 Å². The molecule has 1 fully saturated rings. The number of anilines is 2. The molecule has 28 heavy (non-hydrogen) atoms. The van der Waals surface area contributed by atoms with Crippen molar-refractivity contribution < 1.29 is 0 Å². The average Bonchev–Trinajstić information content (AvgIpc) is 3.19. The number of aryl methyl sites for hydroxylation is 4. The van der Waals surface area contributed by atoms with Crippen LogP contribution in [0.1, 0.15) is 22.8 Å². The molecule has 0 saturated carbocycles. The lowest BCUT2D eigenvalue weighted by atomic mass is 10.3. The highest BCUT2D eigenvalue weighted by atomic mass is 15.4. The summed E-state index contributed by atoms with van der Waals surface area (Å²) in [5.41, 5.74) is 5.94. The molecular weight excluding hydrogens is 352 g/mol. The van der Waals surface area contributed by atoms with Crippen molar-refractivity contribution in [2.24, 2.45) is 0 Å². The first-order chi connectivity index (χ1) is 13.5. The molecule has 4 aromatic heterocycles. The predicted octanol–water partition coefficient (Wildman–Crippen LogP) is 2.33. The van der Waals surface area contributed by atoms with E-state index in [1.54, 1.807) is 0 Å². The zero-order valence-electron chi connectivity index (χ0n) is 16.7. The molecule has 5 rings (SSSR count). The number of fused-ring (bicyclic) bond motifs is 2. The molecule has 1 aliphatic rings. The number of piperazine rings is 1. The van der Waals surface area contributed by atoms with Crippen molar-refractivity contribution in [3.05, 3.63) is 47.0 Å². The summed E-state index contributed by atoms with van der Waals surface area (Å²) < 4.78 is 3.90. The maximum atomic E-state index is 4.82. The molecular formula is C20H24N8. The lowest BCUT2D eigenvalue weighted by Gasteiger charge is -2.36. The summed E-state index contributed by atoms with van der Waals surface area (Å²) in [7, 11) is 0. The van der Waals surface area contributed by atoms with Gasteiger partial charge in [-0.15, -0.1) is 5.10 Å². The summed E-state index contributed by atoms with van der Waals surface area (Å²) in [6.45, 7) is 11.8. The van der Waals surface area contributed by atoms with E-state index in [-0.39, 0.29) is 0 Å². The third-order valence-corrected chi connectivity index (χ3v) is 5.51. The van der Waals surface area contributed by atoms with E-state index in [4.69, 9.17) is 5.10 Å². The summed E-state index contributed by atoms with van der Waals surface area (Å²) in [6, 6.07) is 8.28. The molecule has 4 aromatic rings. The number of hydrogen-bond acceptors (Lipinski definition) is 6. The molecule has 0 radical (unpaired) electrons. The van der Waals surface area contributed by atoms with Gasteiger partial charge in [-0.25, -0.2) is 14.5 Å². The zero-order valence-corrected chi connectivity index (χ0v) is 16.7. The highest BCUT2D eigenvalue weighted by molar-refractivity contribution is 5.54. The molecule has 5 heterocycles. The number of aromatic nitrogens is 6. The van der Waals surface area contributed by atoms with Crippen LogP contribution >= 0.6 is 0 Å². The topological polar surface area (TPSA) is 66.9 Å². The largest absolute Gasteiger partial charge is 0.353 e. The smallest absolute Gasteiger partial charge is 0.157 e. The maximum absolute atomic E-state index is 4.82. The highest BCUT2D eigenvalue weighted by Crippen LogP contribution is 2.22. The summed E-state index contributed by atoms with van der Waals surface area (Å²) in [5, 5.41) is 9.45. The van der Waals surface area contributed by atoms with Crippen molar-refractivity contribution in [1.82, 2.24) is 29.2 Å². The molecule has 8 heteroatoms. The fraction of sp³-hybridized carbons (Fsp3) is 0.400. The van der Waals surface area contributed by atoms with Crippen molar-refractivity contribution in [2.75, 3.05) is 36.0 Å². The van der Waals surface area contributed by atoms with E-state index >= 15 is 0 Å². The van der Waals surface area contributed by atoms with Crippen LogP contribution < -0.4 is 9.80 Å². The van der Waals surface area contributed by atoms with Crippen LogP contribution in [0.3, 0.4) is 0 Å². The van der Waals surface area contributed by atoms with Gasteiger partial charge < -0.3 is 9.80 Å². The monoisotopic (exact) mass is 376 g/mol. The van der Waals surface area contributed by atoms with E-state index in [2.05, 4.69) is 50.0 Å². The van der Waals surface area contributed by atoms with Gasteiger partial charge in [-0.1, -0.05) is 0 Å². The third kappa shape index (κ3) is 2.67. The van der Waals surface area contributed by atoms with Crippen molar-refractivity contribution >= 4 is 22.9 Å². The van der Waals surface area contributed by atoms with Crippen LogP contribution in [0.5, 0.6) is 0 Å². The van der Waals surface area contributed by atoms with Crippen LogP contribution in [0, 0.1) is 27.7 Å². The summed E-state index contributed by atoms with van der Waals surface area (Å²) in [4.78, 5) is 13.9. The molecule has 1 saturated heterocycles. The van der Waals surface area contributed by atoms with E-state index in [0.29, 0.717) is 0 Å². The molecule has 0 unspecified atom stereocenters. The second-order valence-corrected chi connectivity index (χ2v) is 7.53. The van der Waals surface area contributed by atoms with Gasteiger partial charge in [0, 0.05) is 44.0 Å². The quantitative estimate of drug-likeness (QED) is 0.535. The van der Waals surface area contributed by atoms with Gasteiger partial charge in [0.05, 0.1) is 17.1 Å². The van der Waals surface area contributed by atoms with Crippen molar-refractivity contribution in [3.63, 3.8) is 0 Å². The number of imidazole rings is 1. The van der Waals surface area contributed by atoms with Gasteiger partial charge in [-0.2, -0.15) is 9.61 Å². The Morgan fingerprint density at radius 3 is 2.25 bits per heavy atom. The molecule has 0 aromatic carbocycles. The fourth-order valence-electron chi connectivity index (χ4n) is 3.90. The highest BCUT2D eigenvalue weighted by Gasteiger charge is 2.22. The first kappa shape index (κ1) is 17.0. The molecule has 0 bridgehead atoms. The number of rotatable bonds is 2. The Morgan fingerprint density at radius 1 is 0.714 bits per heavy atom. The van der Waals surface area contributed by atoms with Gasteiger partial charge in [0.2, 0.25) is 0 Å². The summed E-state index contributed by atoms with van der Waals surface area (Å²) >= 11 is 0. The van der Waals surface area contributed by atoms with Gasteiger partial charge in [0.1, 0.15) is 11.6 Å². The minimum Gasteiger partial charge on any atom is -0.353 e. The Balaban J connectivity index is 1.40. The molecule has 8 nitrogen and oxygen atoms in total. The molecule has 144 valence electrons. The van der Waals surface area contributed by atoms with Gasteiger partial charge in [-0.05, 0) is 39.8 Å². The molecule has 0 amide bonds. The van der Waals surface area contributed by atoms with Gasteiger partial charge >= 0.3 is 0 Å². The first-order valence-corrected chi connectivity index (χ1v) is 9.66. The van der Waals surface area contributed by atoms with Crippen LogP contribution in [0.2, 0.25) is 0 Å². The van der Waals surface area contributed by atoms with Gasteiger partial charge in [0.15, 0.2) is 11.3 Å². The van der Waals surface area contributed by atoms with E-state index in [1.807, 2.05) is 35.9 Å². The van der Waals surface area contributed by atoms with Crippen molar-refractivity contribution in [2.45, 2.75) is 27.7 Å². The Bertz CT molecular complexity index is 1180. The second kappa shape index (κ2) is 6.19. The van der Waals surface area contributed by atoms with Crippen molar-refractivity contribution in [1.29, 1.82) is 0 Å². The van der Waals surface area contributed by atoms with Gasteiger partial charge in [0.25, 0.3) is 0 Å². The van der Waals surface area contributed by atoms with E-state index in [9.17, 15) is 0 Å². The van der Waals surface area contributed by atoms with Gasteiger partial charge in [-0.3, -0.25) is 0 Å². The Kier molecular flexibility index (Phi) is 3.75. The Morgan fingerprint density at radius 2 is 1.46 bits per heavy atom. The van der Waals surface area contributed by atoms with Crippen molar-refractivity contribution in [3.8, 4) is 0 Å². The molecule has 0 N–H and O–H groups in total. The molecule has 1 aliphatic heterocycles. The minimum atomic E-state index is 0.904. The first-order valence-electron chi connectivity index (χ1n) is 9.66. The van der Waals surface area contributed by atoms with E-state index < -0.39 is 0 Å². The molecule has 0 aliphatic carbocycles. The standard InChI is InChI=1S/C20H24N8/c1-13-12-20(28-19(21-13)11-14(2)23-28)26-9-7-25(8-10-26)18-6-5-17-22-15(3)16(4)27(17)24-18/h5-6,11-12H,7-10H2,1-4H3. The predicted molar refractivity (Wildman–Crippen MR) is 109 cm³/mol. The number of nitrogens with zero attached hydrogens (tertiary/aromatic N) is 8. The van der Waals surface area contributed by atoms with Crippen LogP contribution in [-0.2, 0) is 0 Å². The maximum Gasteiger partial charge on any atom is 0.157 e. The van der Waals surface area contributed by atoms with Crippen LogP contribution in [0.4, 0.5) is 11.6 Å². The molecule has 0 spiro atoms. The minimum absolute atomic E-state index is 0.904. The SMILES string of the molecule is Cc1cc(N2CCN(c3ccc4nc(C)c(C)n4n3)CC2)n2nc(C)cc2n1. The average molecular weight is 376 g/mol. The summed E-state index contributed by atoms with van der Waals surface area (Å²) in [6.07, 6.45) is 0. The number of hydrogen-bond donors (Lipinski definition) is 0. The zero-order chi connectivity index (χ0) is 19.4. The lowest BCUT2D eigenvalue weighted by molar-refractivity contribution is 0.627. The van der Waals surface area contributed by atoms with E-state index in [1.165, 1.54) is 0 Å². The second-order valence-electron chi connectivity index (χ2n) is 7.53. The molecule has 0 atom stereocenters. The third-order valence-electron chi connectivity index (χ3n) is 5.51. The van der Waals surface area contributed by atoms with Crippen LogP contribution in [-0.4, -0.2) is 55.4 Å². The fourth-order valence-corrected chi connectivity index (χ4v) is 3.90. The Hall–Kier alpha value is -3.16. The summed E-state index contributed by atoms with van der Waals surface area (Å²) in [5.74, 6) is 2.11. The Labute approximate surface area is 163 Å². The lowest BCUT2D eigenvalue weighted by Crippen LogP contribution is -2.47. The van der Waals surface area contributed by atoms with Crippen LogP contribution in [0.15, 0.2) is 24.3 Å². The normalized spacial score (nSPS) is 15.1.